The van der Waals surface area contributed by atoms with E-state index < -0.39 is 22.9 Å². The minimum atomic E-state index is -0.965. The van der Waals surface area contributed by atoms with E-state index in [1.807, 2.05) is 3.33 Å². The van der Waals surface area contributed by atoms with E-state index in [1.165, 1.54) is 36.9 Å². The Balaban J connectivity index is 0.00000121. The van der Waals surface area contributed by atoms with Gasteiger partial charge < -0.3 is 24.8 Å². The van der Waals surface area contributed by atoms with Crippen molar-refractivity contribution in [2.24, 2.45) is 0 Å². The SMILES string of the molecule is CCCCC1=[C]([Hf+2][CH]2C(n3cccc3)=Cc3ccccc32)CC=C1.[Cl-].[Cl-]. The third kappa shape index (κ3) is 4.35. The average molecular weight is 551 g/mol. The fraction of sp³-hybridized carbons (Fsp3) is 0.273. The molecule has 0 fully saturated rings. The minimum absolute atomic E-state index is 0. The molecule has 1 heterocycles. The molecule has 1 aromatic heterocycles. The monoisotopic (exact) mass is 551 g/mol. The molecular weight excluding hydrogens is 528 g/mol. The summed E-state index contributed by atoms with van der Waals surface area (Å²) in [6, 6.07) is 13.3. The van der Waals surface area contributed by atoms with E-state index in [9.17, 15) is 0 Å². The Morgan fingerprint density at radius 3 is 2.62 bits per heavy atom. The van der Waals surface area contributed by atoms with Crippen LogP contribution in [0.2, 0.25) is 0 Å². The summed E-state index contributed by atoms with van der Waals surface area (Å²) >= 11 is -0.965. The van der Waals surface area contributed by atoms with Crippen LogP contribution in [0.1, 0.15) is 47.4 Å². The van der Waals surface area contributed by atoms with Gasteiger partial charge in [-0.05, 0) is 0 Å². The van der Waals surface area contributed by atoms with Gasteiger partial charge in [0.15, 0.2) is 0 Å². The maximum Gasteiger partial charge on any atom is -1.00 e. The number of allylic oxidation sites excluding steroid dienone is 5. The van der Waals surface area contributed by atoms with Crippen LogP contribution < -0.4 is 24.8 Å². The fourth-order valence-corrected chi connectivity index (χ4v) is 10.0. The number of rotatable bonds is 6. The zero-order valence-electron chi connectivity index (χ0n) is 15.0. The van der Waals surface area contributed by atoms with Crippen LogP contribution in [0, 0.1) is 0 Å². The van der Waals surface area contributed by atoms with Crippen molar-refractivity contribution in [3.05, 3.63) is 81.0 Å². The van der Waals surface area contributed by atoms with Gasteiger partial charge in [0.1, 0.15) is 0 Å². The van der Waals surface area contributed by atoms with E-state index in [1.54, 1.807) is 11.1 Å². The molecular formula is C22H23Cl2HfN. The average Bonchev–Trinajstić information content (AvgIpc) is 3.34. The standard InChI is InChI=1S/C13H10N.C9H13.2ClH.Hf/c1-2-6-12-10-13(9-11(12)5-1)14-7-3-4-8-14;1-2-3-6-9-7-4-5-8-9;;;/h1-10H;4,7H,2-3,5-6H2,1H3;2*1H;/q;;;;+2/p-2. The molecule has 0 aliphatic heterocycles. The number of aromatic nitrogens is 1. The van der Waals surface area contributed by atoms with Crippen molar-refractivity contribution >= 4 is 11.8 Å². The fourth-order valence-electron chi connectivity index (χ4n) is 3.67. The number of benzene rings is 1. The van der Waals surface area contributed by atoms with Crippen molar-refractivity contribution in [2.45, 2.75) is 36.3 Å². The zero-order chi connectivity index (χ0) is 16.4. The molecule has 1 aromatic carbocycles. The molecule has 0 radical (unpaired) electrons. The zero-order valence-corrected chi connectivity index (χ0v) is 20.1. The maximum atomic E-state index is 2.42. The predicted molar refractivity (Wildman–Crippen MR) is 98.1 cm³/mol. The van der Waals surface area contributed by atoms with Crippen LogP contribution in [-0.2, 0) is 22.9 Å². The molecule has 2 aliphatic carbocycles. The smallest absolute Gasteiger partial charge is 1.00 e. The molecule has 26 heavy (non-hydrogen) atoms. The quantitative estimate of drug-likeness (QED) is 0.448. The third-order valence-electron chi connectivity index (χ3n) is 4.96. The minimum Gasteiger partial charge on any atom is -1.00 e. The number of halogens is 2. The first-order valence-corrected chi connectivity index (χ1v) is 12.8. The van der Waals surface area contributed by atoms with Crippen LogP contribution >= 0.6 is 0 Å². The van der Waals surface area contributed by atoms with Crippen LogP contribution in [-0.4, -0.2) is 4.57 Å². The maximum absolute atomic E-state index is 2.42. The summed E-state index contributed by atoms with van der Waals surface area (Å²) in [6.07, 6.45) is 16.8. The van der Waals surface area contributed by atoms with Crippen LogP contribution in [0.4, 0.5) is 0 Å². The van der Waals surface area contributed by atoms with Crippen LogP contribution in [0.3, 0.4) is 0 Å². The summed E-state index contributed by atoms with van der Waals surface area (Å²) in [6.45, 7) is 2.29. The molecule has 2 aromatic rings. The molecule has 0 bridgehead atoms. The first kappa shape index (κ1) is 21.5. The molecule has 0 spiro atoms. The Hall–Kier alpha value is -0.830. The molecule has 1 nitrogen and oxygen atoms in total. The molecule has 2 aliphatic rings. The van der Waals surface area contributed by atoms with Crippen molar-refractivity contribution in [3.8, 4) is 0 Å². The molecule has 4 heteroatoms. The molecule has 0 amide bonds. The van der Waals surface area contributed by atoms with E-state index >= 15 is 0 Å². The van der Waals surface area contributed by atoms with Gasteiger partial charge in [-0.2, -0.15) is 0 Å². The van der Waals surface area contributed by atoms with Gasteiger partial charge >= 0.3 is 157 Å². The van der Waals surface area contributed by atoms with E-state index in [2.05, 4.69) is 78.5 Å². The van der Waals surface area contributed by atoms with Crippen molar-refractivity contribution in [1.82, 2.24) is 4.57 Å². The Kier molecular flexibility index (Phi) is 8.19. The summed E-state index contributed by atoms with van der Waals surface area (Å²) < 4.78 is 4.84. The van der Waals surface area contributed by atoms with Crippen molar-refractivity contribution in [2.75, 3.05) is 0 Å². The number of unbranched alkanes of at least 4 members (excludes halogenated alkanes) is 1. The van der Waals surface area contributed by atoms with Gasteiger partial charge in [0, 0.05) is 0 Å². The predicted octanol–water partition coefficient (Wildman–Crippen LogP) is 0.0356. The van der Waals surface area contributed by atoms with Crippen molar-refractivity contribution in [1.29, 1.82) is 0 Å². The van der Waals surface area contributed by atoms with Crippen LogP contribution in [0.5, 0.6) is 0 Å². The second-order valence-electron chi connectivity index (χ2n) is 6.58. The number of hydrogen-bond donors (Lipinski definition) is 0. The summed E-state index contributed by atoms with van der Waals surface area (Å²) in [5.74, 6) is 0. The number of hydrogen-bond acceptors (Lipinski definition) is 0. The van der Waals surface area contributed by atoms with E-state index in [0.717, 1.165) is 0 Å². The van der Waals surface area contributed by atoms with Crippen LogP contribution in [0.25, 0.3) is 11.8 Å². The molecule has 1 atom stereocenters. The first-order chi connectivity index (χ1) is 11.9. The van der Waals surface area contributed by atoms with Gasteiger partial charge in [-0.15, -0.1) is 0 Å². The van der Waals surface area contributed by atoms with Gasteiger partial charge in [-0.25, -0.2) is 0 Å². The molecule has 4 rings (SSSR count). The van der Waals surface area contributed by atoms with Crippen molar-refractivity contribution in [3.63, 3.8) is 0 Å². The Morgan fingerprint density at radius 1 is 1.08 bits per heavy atom. The molecule has 0 N–H and O–H groups in total. The number of nitrogens with zero attached hydrogens (tertiary/aromatic N) is 1. The second kappa shape index (κ2) is 9.92. The third-order valence-corrected chi connectivity index (χ3v) is 11.3. The summed E-state index contributed by atoms with van der Waals surface area (Å²) in [5.41, 5.74) is 6.18. The molecule has 0 saturated carbocycles. The van der Waals surface area contributed by atoms with Crippen LogP contribution in [0.15, 0.2) is 69.8 Å². The van der Waals surface area contributed by atoms with E-state index in [0.29, 0.717) is 3.67 Å². The Bertz CT molecular complexity index is 818. The molecule has 0 saturated heterocycles. The molecule has 1 unspecified atom stereocenters. The summed E-state index contributed by atoms with van der Waals surface area (Å²) in [7, 11) is 0. The molecule has 134 valence electrons. The first-order valence-electron chi connectivity index (χ1n) is 8.96. The number of fused-ring (bicyclic) bond motifs is 1. The van der Waals surface area contributed by atoms with Gasteiger partial charge in [-0.3, -0.25) is 0 Å². The van der Waals surface area contributed by atoms with Crippen molar-refractivity contribution < 1.29 is 47.7 Å². The Morgan fingerprint density at radius 2 is 1.85 bits per heavy atom. The second-order valence-corrected chi connectivity index (χ2v) is 11.9. The van der Waals surface area contributed by atoms with Gasteiger partial charge in [0.25, 0.3) is 0 Å². The van der Waals surface area contributed by atoms with Gasteiger partial charge in [-0.1, -0.05) is 0 Å². The summed E-state index contributed by atoms with van der Waals surface area (Å²) in [4.78, 5) is 0. The van der Waals surface area contributed by atoms with E-state index in [4.69, 9.17) is 0 Å². The largest absolute Gasteiger partial charge is 1.00 e. The summed E-state index contributed by atoms with van der Waals surface area (Å²) in [5, 5.41) is 0. The van der Waals surface area contributed by atoms with Gasteiger partial charge in [0.05, 0.1) is 0 Å². The topological polar surface area (TPSA) is 4.93 Å². The Labute approximate surface area is 180 Å². The van der Waals surface area contributed by atoms with Gasteiger partial charge in [0.2, 0.25) is 0 Å². The van der Waals surface area contributed by atoms with E-state index in [-0.39, 0.29) is 24.8 Å². The normalized spacial score (nSPS) is 17.3.